The molecule has 0 radical (unpaired) electrons. The summed E-state index contributed by atoms with van der Waals surface area (Å²) in [6, 6.07) is 8.63. The molecule has 0 bridgehead atoms. The number of carbonyl (C=O) groups excluding carboxylic acids is 1. The van der Waals surface area contributed by atoms with E-state index in [1.54, 1.807) is 0 Å². The Bertz CT molecular complexity index is 737. The summed E-state index contributed by atoms with van der Waals surface area (Å²) >= 11 is 0. The first-order valence-corrected chi connectivity index (χ1v) is 9.23. The zero-order valence-corrected chi connectivity index (χ0v) is 14.2. The lowest BCUT2D eigenvalue weighted by Crippen LogP contribution is -2.37. The Hall–Kier alpha value is -1.81. The first-order chi connectivity index (χ1) is 11.8. The minimum absolute atomic E-state index is 0.179. The number of hydrogen-bond acceptors (Lipinski definition) is 2. The van der Waals surface area contributed by atoms with Crippen LogP contribution in [0.4, 0.5) is 0 Å². The summed E-state index contributed by atoms with van der Waals surface area (Å²) in [4.78, 5) is 13.2. The molecule has 0 saturated carbocycles. The van der Waals surface area contributed by atoms with Crippen LogP contribution in [0.1, 0.15) is 42.9 Å². The lowest BCUT2D eigenvalue weighted by molar-refractivity contribution is -0.119. The van der Waals surface area contributed by atoms with Gasteiger partial charge >= 0.3 is 0 Å². The van der Waals surface area contributed by atoms with Crippen LogP contribution in [0.3, 0.4) is 0 Å². The van der Waals surface area contributed by atoms with Crippen molar-refractivity contribution in [1.29, 1.82) is 0 Å². The Morgan fingerprint density at radius 3 is 2.92 bits per heavy atom. The highest BCUT2D eigenvalue weighted by Gasteiger charge is 2.34. The van der Waals surface area contributed by atoms with Gasteiger partial charge in [-0.25, -0.2) is 0 Å². The monoisotopic (exact) mass is 326 g/mol. The van der Waals surface area contributed by atoms with Crippen molar-refractivity contribution in [2.45, 2.75) is 44.6 Å². The van der Waals surface area contributed by atoms with Crippen molar-refractivity contribution in [2.24, 2.45) is 5.92 Å². The Balaban J connectivity index is 1.79. The second-order valence-electron chi connectivity index (χ2n) is 7.25. The van der Waals surface area contributed by atoms with Crippen LogP contribution in [-0.4, -0.2) is 40.7 Å². The van der Waals surface area contributed by atoms with Crippen LogP contribution in [0.2, 0.25) is 0 Å². The Morgan fingerprint density at radius 1 is 1.21 bits per heavy atom. The second kappa shape index (κ2) is 6.60. The van der Waals surface area contributed by atoms with E-state index in [1.165, 1.54) is 41.4 Å². The van der Waals surface area contributed by atoms with E-state index in [1.807, 2.05) is 4.90 Å². The van der Waals surface area contributed by atoms with Crippen molar-refractivity contribution in [3.05, 3.63) is 35.5 Å². The standard InChI is InChI=1S/C20H26N2O2/c23-12-11-22-18-8-2-1-6-17(18)20-16(7-3-9-19(20)22)15-5-4-10-21(13-15)14-24/h1-2,6,8,14-16,23H,3-5,7,9-13H2. The molecule has 2 heterocycles. The normalized spacial score (nSPS) is 24.1. The van der Waals surface area contributed by atoms with E-state index >= 15 is 0 Å². The Labute approximate surface area is 143 Å². The molecule has 1 aliphatic heterocycles. The predicted octanol–water partition coefficient (Wildman–Crippen LogP) is 2.92. The molecule has 4 heteroatoms. The lowest BCUT2D eigenvalue weighted by atomic mass is 9.74. The average Bonchev–Trinajstić information content (AvgIpc) is 2.96. The van der Waals surface area contributed by atoms with Crippen LogP contribution in [0.25, 0.3) is 10.9 Å². The van der Waals surface area contributed by atoms with Crippen molar-refractivity contribution >= 4 is 17.3 Å². The topological polar surface area (TPSA) is 45.5 Å². The second-order valence-corrected chi connectivity index (χ2v) is 7.25. The van der Waals surface area contributed by atoms with Gasteiger partial charge in [0, 0.05) is 36.2 Å². The largest absolute Gasteiger partial charge is 0.395 e. The molecule has 1 aromatic carbocycles. The smallest absolute Gasteiger partial charge is 0.209 e. The molecule has 2 atom stereocenters. The highest BCUT2D eigenvalue weighted by molar-refractivity contribution is 5.86. The maximum atomic E-state index is 11.2. The first-order valence-electron chi connectivity index (χ1n) is 9.23. The van der Waals surface area contributed by atoms with E-state index < -0.39 is 0 Å². The molecule has 1 aliphatic carbocycles. The van der Waals surface area contributed by atoms with Gasteiger partial charge in [-0.3, -0.25) is 4.79 Å². The third-order valence-electron chi connectivity index (χ3n) is 5.95. The average molecular weight is 326 g/mol. The maximum Gasteiger partial charge on any atom is 0.209 e. The van der Waals surface area contributed by atoms with Crippen LogP contribution in [-0.2, 0) is 17.8 Å². The molecule has 2 aromatic rings. The van der Waals surface area contributed by atoms with Crippen molar-refractivity contribution < 1.29 is 9.90 Å². The summed E-state index contributed by atoms with van der Waals surface area (Å²) in [5, 5.41) is 10.9. The third-order valence-corrected chi connectivity index (χ3v) is 5.95. The predicted molar refractivity (Wildman–Crippen MR) is 95.1 cm³/mol. The van der Waals surface area contributed by atoms with Gasteiger partial charge in [-0.15, -0.1) is 0 Å². The number of nitrogens with zero attached hydrogens (tertiary/aromatic N) is 2. The van der Waals surface area contributed by atoms with E-state index in [2.05, 4.69) is 28.8 Å². The van der Waals surface area contributed by atoms with E-state index in [0.717, 1.165) is 32.3 Å². The number of aliphatic hydroxyl groups is 1. The van der Waals surface area contributed by atoms with Gasteiger partial charge in [0.05, 0.1) is 6.61 Å². The number of rotatable bonds is 4. The molecule has 1 saturated heterocycles. The summed E-state index contributed by atoms with van der Waals surface area (Å²) in [5.41, 5.74) is 4.18. The van der Waals surface area contributed by atoms with Gasteiger partial charge in [-0.05, 0) is 55.6 Å². The van der Waals surface area contributed by atoms with Crippen molar-refractivity contribution in [1.82, 2.24) is 9.47 Å². The zero-order chi connectivity index (χ0) is 16.5. The fraction of sp³-hybridized carbons (Fsp3) is 0.550. The molecular weight excluding hydrogens is 300 g/mol. The van der Waals surface area contributed by atoms with Gasteiger partial charge in [-0.1, -0.05) is 18.2 Å². The third kappa shape index (κ3) is 2.53. The minimum atomic E-state index is 0.179. The van der Waals surface area contributed by atoms with Gasteiger partial charge < -0.3 is 14.6 Å². The summed E-state index contributed by atoms with van der Waals surface area (Å²) in [5.74, 6) is 1.11. The maximum absolute atomic E-state index is 11.2. The van der Waals surface area contributed by atoms with Gasteiger partial charge in [0.2, 0.25) is 6.41 Å². The summed E-state index contributed by atoms with van der Waals surface area (Å²) in [6.45, 7) is 2.66. The lowest BCUT2D eigenvalue weighted by Gasteiger charge is -2.37. The molecule has 1 N–H and O–H groups in total. The fourth-order valence-electron chi connectivity index (χ4n) is 4.99. The number of piperidine rings is 1. The summed E-state index contributed by atoms with van der Waals surface area (Å²) < 4.78 is 2.33. The molecule has 2 unspecified atom stereocenters. The van der Waals surface area contributed by atoms with E-state index in [-0.39, 0.29) is 6.61 Å². The van der Waals surface area contributed by atoms with Crippen molar-refractivity contribution in [3.63, 3.8) is 0 Å². The molecule has 4 nitrogen and oxygen atoms in total. The van der Waals surface area contributed by atoms with Crippen LogP contribution < -0.4 is 0 Å². The Morgan fingerprint density at radius 2 is 2.08 bits per heavy atom. The molecule has 1 amide bonds. The van der Waals surface area contributed by atoms with Crippen LogP contribution in [0.5, 0.6) is 0 Å². The Kier molecular flexibility index (Phi) is 4.31. The highest BCUT2D eigenvalue weighted by Crippen LogP contribution is 2.44. The van der Waals surface area contributed by atoms with Gasteiger partial charge in [0.25, 0.3) is 0 Å². The van der Waals surface area contributed by atoms with Crippen LogP contribution >= 0.6 is 0 Å². The summed E-state index contributed by atoms with van der Waals surface area (Å²) in [7, 11) is 0. The molecule has 0 spiro atoms. The SMILES string of the molecule is O=CN1CCCC(C2CCCc3c2c2ccccc2n3CCO)C1. The highest BCUT2D eigenvalue weighted by atomic mass is 16.3. The first kappa shape index (κ1) is 15.7. The van der Waals surface area contributed by atoms with E-state index in [0.29, 0.717) is 18.4 Å². The van der Waals surface area contributed by atoms with E-state index in [4.69, 9.17) is 0 Å². The molecule has 24 heavy (non-hydrogen) atoms. The quantitative estimate of drug-likeness (QED) is 0.878. The molecular formula is C20H26N2O2. The van der Waals surface area contributed by atoms with Crippen molar-refractivity contribution in [2.75, 3.05) is 19.7 Å². The van der Waals surface area contributed by atoms with Crippen LogP contribution in [0.15, 0.2) is 24.3 Å². The number of hydrogen-bond donors (Lipinski definition) is 1. The number of aromatic nitrogens is 1. The minimum Gasteiger partial charge on any atom is -0.395 e. The molecule has 1 fully saturated rings. The number of para-hydroxylation sites is 1. The fourth-order valence-corrected chi connectivity index (χ4v) is 4.99. The van der Waals surface area contributed by atoms with Gasteiger partial charge in [0.1, 0.15) is 0 Å². The molecule has 2 aliphatic rings. The van der Waals surface area contributed by atoms with Gasteiger partial charge in [0.15, 0.2) is 0 Å². The number of benzene rings is 1. The summed E-state index contributed by atoms with van der Waals surface area (Å²) in [6.07, 6.45) is 6.88. The number of aliphatic hydroxyl groups excluding tert-OH is 1. The molecule has 1 aromatic heterocycles. The van der Waals surface area contributed by atoms with E-state index in [9.17, 15) is 9.90 Å². The van der Waals surface area contributed by atoms with Crippen molar-refractivity contribution in [3.8, 4) is 0 Å². The zero-order valence-electron chi connectivity index (χ0n) is 14.2. The molecule has 128 valence electrons. The number of carbonyl (C=O) groups is 1. The number of fused-ring (bicyclic) bond motifs is 3. The van der Waals surface area contributed by atoms with Gasteiger partial charge in [-0.2, -0.15) is 0 Å². The van der Waals surface area contributed by atoms with Crippen LogP contribution in [0, 0.1) is 5.92 Å². The number of likely N-dealkylation sites (tertiary alicyclic amines) is 1. The number of amides is 1. The molecule has 4 rings (SSSR count).